The number of hydrogen-bond acceptors (Lipinski definition) is 7. The molecule has 116 valence electrons. The molecule has 1 aromatic heterocycles. The number of rotatable bonds is 4. The highest BCUT2D eigenvalue weighted by atomic mass is 32.1. The van der Waals surface area contributed by atoms with E-state index < -0.39 is 0 Å². The van der Waals surface area contributed by atoms with Crippen LogP contribution in [0.25, 0.3) is 0 Å². The third-order valence-electron chi connectivity index (χ3n) is 3.72. The Morgan fingerprint density at radius 1 is 1.62 bits per heavy atom. The zero-order chi connectivity index (χ0) is 15.0. The van der Waals surface area contributed by atoms with Crippen molar-refractivity contribution in [3.05, 3.63) is 4.88 Å². The molecule has 21 heavy (non-hydrogen) atoms. The molecule has 2 atom stereocenters. The van der Waals surface area contributed by atoms with Gasteiger partial charge in [0.2, 0.25) is 0 Å². The van der Waals surface area contributed by atoms with Gasteiger partial charge < -0.3 is 25.8 Å². The maximum absolute atomic E-state index is 12.7. The molecule has 1 amide bonds. The van der Waals surface area contributed by atoms with Crippen molar-refractivity contribution in [2.24, 2.45) is 0 Å². The van der Waals surface area contributed by atoms with Gasteiger partial charge in [0, 0.05) is 12.6 Å². The van der Waals surface area contributed by atoms with Gasteiger partial charge in [-0.3, -0.25) is 4.79 Å². The van der Waals surface area contributed by atoms with Crippen LogP contribution in [0.1, 0.15) is 29.4 Å². The van der Waals surface area contributed by atoms with Crippen molar-refractivity contribution in [3.63, 3.8) is 0 Å². The topological polar surface area (TPSA) is 101 Å². The number of amides is 1. The average molecular weight is 312 g/mol. The summed E-state index contributed by atoms with van der Waals surface area (Å²) in [5.74, 6) is 0.135. The van der Waals surface area contributed by atoms with E-state index in [1.165, 1.54) is 11.3 Å². The lowest BCUT2D eigenvalue weighted by Gasteiger charge is -2.37. The van der Waals surface area contributed by atoms with Crippen LogP contribution >= 0.6 is 11.3 Å². The summed E-state index contributed by atoms with van der Waals surface area (Å²) < 4.78 is 5.45. The summed E-state index contributed by atoms with van der Waals surface area (Å²) >= 11 is 1.30. The summed E-state index contributed by atoms with van der Waals surface area (Å²) in [7, 11) is 0. The third-order valence-corrected chi connectivity index (χ3v) is 4.71. The average Bonchev–Trinajstić information content (AvgIpc) is 3.20. The number of nitrogen functional groups attached to an aromatic ring is 1. The Bertz CT molecular complexity index is 531. The summed E-state index contributed by atoms with van der Waals surface area (Å²) in [4.78, 5) is 19.1. The number of aliphatic hydroxyl groups is 1. The van der Waals surface area contributed by atoms with Gasteiger partial charge in [0.15, 0.2) is 5.13 Å². The Balaban J connectivity index is 1.75. The predicted octanol–water partition coefficient (Wildman–Crippen LogP) is 0.521. The summed E-state index contributed by atoms with van der Waals surface area (Å²) in [6.07, 6.45) is 1.95. The number of anilines is 2. The first-order valence-corrected chi connectivity index (χ1v) is 7.96. The number of aromatic nitrogens is 1. The van der Waals surface area contributed by atoms with Crippen LogP contribution in [0.4, 0.5) is 10.9 Å². The largest absolute Gasteiger partial charge is 0.394 e. The van der Waals surface area contributed by atoms with Gasteiger partial charge >= 0.3 is 0 Å². The number of carbonyl (C=O) groups is 1. The van der Waals surface area contributed by atoms with Gasteiger partial charge in [-0.1, -0.05) is 11.3 Å². The summed E-state index contributed by atoms with van der Waals surface area (Å²) in [6.45, 7) is 2.62. The van der Waals surface area contributed by atoms with Gasteiger partial charge in [-0.15, -0.1) is 0 Å². The minimum absolute atomic E-state index is 0.0401. The molecular formula is C13H20N4O3S. The standard InChI is InChI=1S/C13H20N4O3S/c1-7-6-20-9(5-18)4-17(7)12(19)10-11(14)16-13(21-10)15-8-2-3-8/h7-9,18H,2-6,14H2,1H3,(H,15,16). The number of nitrogens with one attached hydrogen (secondary N) is 1. The van der Waals surface area contributed by atoms with Gasteiger partial charge in [0.05, 0.1) is 25.4 Å². The monoisotopic (exact) mass is 312 g/mol. The lowest BCUT2D eigenvalue weighted by Crippen LogP contribution is -2.51. The summed E-state index contributed by atoms with van der Waals surface area (Å²) in [6, 6.07) is 0.432. The molecule has 3 rings (SSSR count). The van der Waals surface area contributed by atoms with Crippen molar-refractivity contribution in [2.45, 2.75) is 38.0 Å². The molecule has 8 heteroatoms. The number of nitrogens with two attached hydrogens (primary N) is 1. The molecule has 0 aromatic carbocycles. The zero-order valence-electron chi connectivity index (χ0n) is 11.9. The van der Waals surface area contributed by atoms with Crippen LogP contribution in [-0.2, 0) is 4.74 Å². The minimum Gasteiger partial charge on any atom is -0.394 e. The van der Waals surface area contributed by atoms with E-state index >= 15 is 0 Å². The first-order chi connectivity index (χ1) is 10.1. The van der Waals surface area contributed by atoms with E-state index in [1.807, 2.05) is 6.92 Å². The van der Waals surface area contributed by atoms with Gasteiger partial charge in [-0.2, -0.15) is 0 Å². The van der Waals surface area contributed by atoms with Crippen molar-refractivity contribution in [1.82, 2.24) is 9.88 Å². The molecule has 2 fully saturated rings. The number of nitrogens with zero attached hydrogens (tertiary/aromatic N) is 2. The third kappa shape index (κ3) is 3.12. The van der Waals surface area contributed by atoms with Crippen molar-refractivity contribution >= 4 is 28.2 Å². The lowest BCUT2D eigenvalue weighted by molar-refractivity contribution is -0.0666. The Morgan fingerprint density at radius 2 is 2.38 bits per heavy atom. The minimum atomic E-state index is -0.330. The Labute approximate surface area is 127 Å². The molecule has 4 N–H and O–H groups in total. The second kappa shape index (κ2) is 5.78. The number of ether oxygens (including phenoxy) is 1. The SMILES string of the molecule is CC1COC(CO)CN1C(=O)c1sc(NC2CC2)nc1N. The van der Waals surface area contributed by atoms with Crippen molar-refractivity contribution in [2.75, 3.05) is 30.8 Å². The fourth-order valence-electron chi connectivity index (χ4n) is 2.29. The molecule has 7 nitrogen and oxygen atoms in total. The maximum atomic E-state index is 12.7. The zero-order valence-corrected chi connectivity index (χ0v) is 12.7. The second-order valence-electron chi connectivity index (χ2n) is 5.60. The molecule has 1 aliphatic heterocycles. The normalized spacial score (nSPS) is 25.9. The number of thiazole rings is 1. The molecule has 1 aliphatic carbocycles. The van der Waals surface area contributed by atoms with E-state index in [2.05, 4.69) is 10.3 Å². The van der Waals surface area contributed by atoms with Gasteiger partial charge in [-0.05, 0) is 19.8 Å². The van der Waals surface area contributed by atoms with Crippen molar-refractivity contribution in [1.29, 1.82) is 0 Å². The summed E-state index contributed by atoms with van der Waals surface area (Å²) in [5, 5.41) is 13.2. The van der Waals surface area contributed by atoms with Crippen LogP contribution in [0.15, 0.2) is 0 Å². The molecule has 2 unspecified atom stereocenters. The van der Waals surface area contributed by atoms with Crippen molar-refractivity contribution < 1.29 is 14.6 Å². The van der Waals surface area contributed by atoms with Gasteiger partial charge in [-0.25, -0.2) is 4.98 Å². The molecule has 0 radical (unpaired) electrons. The quantitative estimate of drug-likeness (QED) is 0.749. The van der Waals surface area contributed by atoms with Crippen LogP contribution in [0.3, 0.4) is 0 Å². The highest BCUT2D eigenvalue weighted by molar-refractivity contribution is 7.18. The van der Waals surface area contributed by atoms with Crippen LogP contribution < -0.4 is 11.1 Å². The van der Waals surface area contributed by atoms with Crippen LogP contribution in [0.2, 0.25) is 0 Å². The highest BCUT2D eigenvalue weighted by Gasteiger charge is 2.32. The molecule has 2 heterocycles. The fraction of sp³-hybridized carbons (Fsp3) is 0.692. The van der Waals surface area contributed by atoms with Crippen LogP contribution in [0, 0.1) is 0 Å². The van der Waals surface area contributed by atoms with E-state index in [-0.39, 0.29) is 30.5 Å². The van der Waals surface area contributed by atoms with E-state index in [1.54, 1.807) is 4.90 Å². The van der Waals surface area contributed by atoms with E-state index in [9.17, 15) is 9.90 Å². The smallest absolute Gasteiger partial charge is 0.268 e. The van der Waals surface area contributed by atoms with E-state index in [0.29, 0.717) is 29.2 Å². The van der Waals surface area contributed by atoms with E-state index in [4.69, 9.17) is 10.5 Å². The number of hydrogen-bond donors (Lipinski definition) is 3. The molecule has 0 spiro atoms. The summed E-state index contributed by atoms with van der Waals surface area (Å²) in [5.41, 5.74) is 5.89. The Kier molecular flexibility index (Phi) is 4.01. The molecule has 1 aromatic rings. The molecule has 2 aliphatic rings. The van der Waals surface area contributed by atoms with Crippen molar-refractivity contribution in [3.8, 4) is 0 Å². The molecule has 0 bridgehead atoms. The number of aliphatic hydroxyl groups excluding tert-OH is 1. The Morgan fingerprint density at radius 3 is 3.05 bits per heavy atom. The first kappa shape index (κ1) is 14.6. The lowest BCUT2D eigenvalue weighted by atomic mass is 10.2. The Hall–Kier alpha value is -1.38. The van der Waals surface area contributed by atoms with E-state index in [0.717, 1.165) is 12.8 Å². The molecule has 1 saturated heterocycles. The number of carbonyl (C=O) groups excluding carboxylic acids is 1. The van der Waals surface area contributed by atoms with Gasteiger partial charge in [0.1, 0.15) is 10.7 Å². The van der Waals surface area contributed by atoms with Crippen LogP contribution in [-0.4, -0.2) is 58.8 Å². The fourth-order valence-corrected chi connectivity index (χ4v) is 3.21. The molecular weight excluding hydrogens is 292 g/mol. The first-order valence-electron chi connectivity index (χ1n) is 7.14. The van der Waals surface area contributed by atoms with Gasteiger partial charge in [0.25, 0.3) is 5.91 Å². The van der Waals surface area contributed by atoms with Crippen LogP contribution in [0.5, 0.6) is 0 Å². The predicted molar refractivity (Wildman–Crippen MR) is 80.5 cm³/mol. The molecule has 1 saturated carbocycles. The maximum Gasteiger partial charge on any atom is 0.268 e. The second-order valence-corrected chi connectivity index (χ2v) is 6.60. The number of morpholine rings is 1. The highest BCUT2D eigenvalue weighted by Crippen LogP contribution is 2.32.